The maximum absolute atomic E-state index is 10.8. The second kappa shape index (κ2) is 9.28. The predicted octanol–water partition coefficient (Wildman–Crippen LogP) is -0.0412. The molecule has 3 nitrogen and oxygen atoms in total. The summed E-state index contributed by atoms with van der Waals surface area (Å²) in [6, 6.07) is 0. The van der Waals surface area contributed by atoms with E-state index in [0.29, 0.717) is 13.0 Å². The third kappa shape index (κ3) is 8.29. The zero-order valence-corrected chi connectivity index (χ0v) is 8.55. The first-order chi connectivity index (χ1) is 5.81. The summed E-state index contributed by atoms with van der Waals surface area (Å²) in [7, 11) is 8.48. The molecule has 0 saturated heterocycles. The predicted molar refractivity (Wildman–Crippen MR) is 57.4 cm³/mol. The normalized spacial score (nSPS) is 9.75. The lowest BCUT2D eigenvalue weighted by atomic mass is 10.2. The van der Waals surface area contributed by atoms with Crippen LogP contribution in [0.5, 0.6) is 0 Å². The third-order valence-electron chi connectivity index (χ3n) is 0.996. The lowest BCUT2D eigenvalue weighted by Gasteiger charge is -2.00. The summed E-state index contributed by atoms with van der Waals surface area (Å²) in [6.45, 7) is 0.687. The van der Waals surface area contributed by atoms with Crippen LogP contribution in [0.15, 0.2) is 0 Å². The Hall–Kier alpha value is 0.195. The maximum atomic E-state index is 10.8. The molecular weight excluding hydrogens is 191 g/mol. The number of amides is 1. The molecule has 0 heterocycles. The fourth-order valence-corrected chi connectivity index (χ4v) is 2.35. The van der Waals surface area contributed by atoms with Crippen LogP contribution < -0.4 is 11.1 Å². The Morgan fingerprint density at radius 2 is 2.08 bits per heavy atom. The maximum Gasteiger partial charge on any atom is 0.220 e. The van der Waals surface area contributed by atoms with Gasteiger partial charge in [0.25, 0.3) is 0 Å². The van der Waals surface area contributed by atoms with Crippen LogP contribution in [-0.2, 0) is 4.79 Å². The van der Waals surface area contributed by atoms with Crippen LogP contribution in [-0.4, -0.2) is 38.2 Å². The van der Waals surface area contributed by atoms with Crippen LogP contribution in [0.25, 0.3) is 0 Å². The van der Waals surface area contributed by atoms with Crippen molar-refractivity contribution in [1.82, 2.24) is 5.32 Å². The number of hydrogen-bond donors (Lipinski definition) is 2. The fourth-order valence-electron chi connectivity index (χ4n) is 0.503. The van der Waals surface area contributed by atoms with Crippen LogP contribution in [0.2, 0.25) is 0 Å². The number of rotatable bonds is 7. The van der Waals surface area contributed by atoms with Crippen LogP contribution in [0.1, 0.15) is 6.42 Å². The molecule has 6 heteroatoms. The molecule has 0 aliphatic rings. The molecule has 0 aliphatic carbocycles. The van der Waals surface area contributed by atoms with Gasteiger partial charge >= 0.3 is 0 Å². The zero-order chi connectivity index (χ0) is 9.23. The first-order valence-electron chi connectivity index (χ1n) is 3.72. The number of nitrogens with two attached hydrogens (primary N) is 1. The number of hydrogen-bond acceptors (Lipinski definition) is 4. The van der Waals surface area contributed by atoms with Crippen molar-refractivity contribution in [3.63, 3.8) is 0 Å². The minimum absolute atomic E-state index is 0.0124. The van der Waals surface area contributed by atoms with E-state index in [2.05, 4.69) is 5.32 Å². The van der Waals surface area contributed by atoms with E-state index in [1.54, 1.807) is 21.6 Å². The molecule has 0 unspecified atom stereocenters. The minimum atomic E-state index is 0.0124. The number of carbonyl (C=O) groups excluding carboxylic acids is 1. The lowest BCUT2D eigenvalue weighted by molar-refractivity contribution is -0.120. The summed E-state index contributed by atoms with van der Waals surface area (Å²) in [5.41, 5.74) is 5.29. The number of carbonyl (C=O) groups is 1. The fraction of sp³-hybridized carbons (Fsp3) is 0.833. The molecule has 0 fully saturated rings. The van der Waals surface area contributed by atoms with E-state index in [9.17, 15) is 4.79 Å². The zero-order valence-electron chi connectivity index (χ0n) is 6.91. The van der Waals surface area contributed by atoms with E-state index in [1.807, 2.05) is 0 Å². The van der Waals surface area contributed by atoms with Crippen LogP contribution >= 0.6 is 21.6 Å². The molecule has 0 bridgehead atoms. The molecule has 0 aromatic rings. The Kier molecular flexibility index (Phi) is 9.44. The highest BCUT2D eigenvalue weighted by atomic mass is 33.1. The number of nitrogens with one attached hydrogen (secondary N) is 1. The third-order valence-corrected chi connectivity index (χ3v) is 3.44. The summed E-state index contributed by atoms with van der Waals surface area (Å²) < 4.78 is 0. The average Bonchev–Trinajstić information content (AvgIpc) is 2.05. The van der Waals surface area contributed by atoms with Gasteiger partial charge in [0, 0.05) is 24.5 Å². The first kappa shape index (κ1) is 12.2. The van der Waals surface area contributed by atoms with Gasteiger partial charge in [0.1, 0.15) is 0 Å². The van der Waals surface area contributed by atoms with Gasteiger partial charge in [-0.1, -0.05) is 21.6 Å². The molecule has 3 N–H and O–H groups in total. The van der Waals surface area contributed by atoms with Crippen molar-refractivity contribution in [2.45, 2.75) is 6.42 Å². The molecule has 0 aliphatic heterocycles. The SMILES string of the molecule is [B]CNC(=O)CCSSCCN. The van der Waals surface area contributed by atoms with Gasteiger partial charge in [0.15, 0.2) is 0 Å². The molecule has 12 heavy (non-hydrogen) atoms. The Morgan fingerprint density at radius 3 is 2.67 bits per heavy atom. The standard InChI is InChI=1S/C6H13BN2OS2/c7-5-9-6(10)1-3-11-12-4-2-8/h1-5,8H2,(H,9,10). The second-order valence-electron chi connectivity index (χ2n) is 1.99. The van der Waals surface area contributed by atoms with Gasteiger partial charge in [-0.15, -0.1) is 0 Å². The highest BCUT2D eigenvalue weighted by Gasteiger charge is 1.98. The van der Waals surface area contributed by atoms with E-state index < -0.39 is 0 Å². The van der Waals surface area contributed by atoms with Crippen molar-refractivity contribution in [2.24, 2.45) is 5.73 Å². The summed E-state index contributed by atoms with van der Waals surface area (Å²) >= 11 is 0. The largest absolute Gasteiger partial charge is 0.365 e. The van der Waals surface area contributed by atoms with Crippen LogP contribution in [0, 0.1) is 0 Å². The van der Waals surface area contributed by atoms with E-state index in [-0.39, 0.29) is 12.4 Å². The molecule has 0 atom stereocenters. The Balaban J connectivity index is 3.03. The van der Waals surface area contributed by atoms with E-state index in [1.165, 1.54) is 0 Å². The molecule has 2 radical (unpaired) electrons. The molecule has 0 aromatic carbocycles. The molecule has 68 valence electrons. The van der Waals surface area contributed by atoms with Gasteiger partial charge in [0.2, 0.25) is 5.91 Å². The topological polar surface area (TPSA) is 55.1 Å². The van der Waals surface area contributed by atoms with Gasteiger partial charge < -0.3 is 11.1 Å². The van der Waals surface area contributed by atoms with Gasteiger partial charge in [-0.05, 0) is 6.44 Å². The second-order valence-corrected chi connectivity index (χ2v) is 4.69. The lowest BCUT2D eigenvalue weighted by Crippen LogP contribution is -2.24. The van der Waals surface area contributed by atoms with Crippen LogP contribution in [0.3, 0.4) is 0 Å². The molecule has 0 rings (SSSR count). The van der Waals surface area contributed by atoms with E-state index >= 15 is 0 Å². The first-order valence-corrected chi connectivity index (χ1v) is 6.21. The highest BCUT2D eigenvalue weighted by Crippen LogP contribution is 2.20. The average molecular weight is 204 g/mol. The highest BCUT2D eigenvalue weighted by molar-refractivity contribution is 8.76. The quantitative estimate of drug-likeness (QED) is 0.347. The van der Waals surface area contributed by atoms with Crippen molar-refractivity contribution in [2.75, 3.05) is 24.5 Å². The summed E-state index contributed by atoms with van der Waals surface area (Å²) in [5, 5.41) is 2.53. The summed E-state index contributed by atoms with van der Waals surface area (Å²) in [6.07, 6.45) is 0.749. The van der Waals surface area contributed by atoms with Crippen molar-refractivity contribution in [3.8, 4) is 0 Å². The molecule has 1 amide bonds. The molecular formula is C6H13BN2OS2. The van der Waals surface area contributed by atoms with E-state index in [4.69, 9.17) is 13.6 Å². The van der Waals surface area contributed by atoms with Gasteiger partial charge in [-0.25, -0.2) is 0 Å². The monoisotopic (exact) mass is 204 g/mol. The van der Waals surface area contributed by atoms with Crippen molar-refractivity contribution < 1.29 is 4.79 Å². The molecule has 0 aromatic heterocycles. The Bertz CT molecular complexity index is 126. The van der Waals surface area contributed by atoms with Crippen molar-refractivity contribution in [3.05, 3.63) is 0 Å². The Morgan fingerprint density at radius 1 is 1.42 bits per heavy atom. The molecule has 0 saturated carbocycles. The van der Waals surface area contributed by atoms with Crippen molar-refractivity contribution >= 4 is 35.3 Å². The van der Waals surface area contributed by atoms with Gasteiger partial charge in [-0.2, -0.15) is 0 Å². The Labute approximate surface area is 82.4 Å². The minimum Gasteiger partial charge on any atom is -0.365 e. The smallest absolute Gasteiger partial charge is 0.220 e. The van der Waals surface area contributed by atoms with Crippen LogP contribution in [0.4, 0.5) is 0 Å². The summed E-state index contributed by atoms with van der Waals surface area (Å²) in [4.78, 5) is 10.8. The van der Waals surface area contributed by atoms with Crippen molar-refractivity contribution in [1.29, 1.82) is 0 Å². The summed E-state index contributed by atoms with van der Waals surface area (Å²) in [5.74, 6) is 1.76. The molecule has 0 spiro atoms. The van der Waals surface area contributed by atoms with Gasteiger partial charge in [0.05, 0.1) is 7.85 Å². The van der Waals surface area contributed by atoms with Gasteiger partial charge in [-0.3, -0.25) is 4.79 Å². The van der Waals surface area contributed by atoms with E-state index in [0.717, 1.165) is 11.5 Å².